The Kier molecular flexibility index (Phi) is 32.8. The molecule has 2 atom stereocenters. The van der Waals surface area contributed by atoms with E-state index in [0.29, 0.717) is 12.8 Å². The van der Waals surface area contributed by atoms with Crippen LogP contribution in [0.5, 0.6) is 0 Å². The number of rotatable bonds is 37. The van der Waals surface area contributed by atoms with Crippen molar-refractivity contribution < 1.29 is 38.5 Å². The molecule has 0 saturated carbocycles. The lowest BCUT2D eigenvalue weighted by atomic mass is 9.72. The quantitative estimate of drug-likeness (QED) is 0.0289. The van der Waals surface area contributed by atoms with Crippen LogP contribution >= 0.6 is 11.6 Å². The van der Waals surface area contributed by atoms with Crippen molar-refractivity contribution in [2.75, 3.05) is 6.07 Å². The SMILES string of the molecule is CCCCCCCCCCCCCCCC(=O)OC(OC(=O)CCCCCCCCCCCCCCC)C(C)C(C)(CC(=O)O)CC(=O)OCCl. The summed E-state index contributed by atoms with van der Waals surface area (Å²) >= 11 is 5.57. The molecule has 0 aliphatic carbocycles. The first-order chi connectivity index (χ1) is 24.6. The van der Waals surface area contributed by atoms with Gasteiger partial charge in [-0.05, 0) is 18.3 Å². The molecule has 0 amide bonds. The zero-order chi connectivity index (χ0) is 38.0. The number of aliphatic carboxylic acids is 1. The Morgan fingerprint density at radius 3 is 1.14 bits per heavy atom. The molecule has 0 aliphatic heterocycles. The molecule has 0 saturated heterocycles. The normalized spacial score (nSPS) is 13.1. The van der Waals surface area contributed by atoms with E-state index in [1.807, 2.05) is 0 Å². The van der Waals surface area contributed by atoms with Gasteiger partial charge in [0.05, 0.1) is 12.8 Å². The van der Waals surface area contributed by atoms with Crippen molar-refractivity contribution in [2.24, 2.45) is 11.3 Å². The van der Waals surface area contributed by atoms with Crippen LogP contribution in [0.1, 0.15) is 220 Å². The Morgan fingerprint density at radius 2 is 0.843 bits per heavy atom. The summed E-state index contributed by atoms with van der Waals surface area (Å²) < 4.78 is 16.3. The highest BCUT2D eigenvalue weighted by Crippen LogP contribution is 2.39. The number of ether oxygens (including phenoxy) is 3. The summed E-state index contributed by atoms with van der Waals surface area (Å²) in [7, 11) is 0. The van der Waals surface area contributed by atoms with Gasteiger partial charge in [-0.25, -0.2) is 0 Å². The van der Waals surface area contributed by atoms with E-state index >= 15 is 0 Å². The van der Waals surface area contributed by atoms with Gasteiger partial charge in [0, 0.05) is 18.8 Å². The van der Waals surface area contributed by atoms with Gasteiger partial charge in [-0.2, -0.15) is 0 Å². The summed E-state index contributed by atoms with van der Waals surface area (Å²) in [5.41, 5.74) is -1.22. The summed E-state index contributed by atoms with van der Waals surface area (Å²) in [4.78, 5) is 50.1. The highest BCUT2D eigenvalue weighted by atomic mass is 35.5. The average molecular weight is 746 g/mol. The van der Waals surface area contributed by atoms with E-state index in [1.54, 1.807) is 13.8 Å². The molecule has 0 aromatic carbocycles. The van der Waals surface area contributed by atoms with Crippen LogP contribution in [0.2, 0.25) is 0 Å². The standard InChI is InChI=1S/C42H77ClO8/c1-5-7-9-11-13-15-17-19-21-23-25-27-29-31-38(46)50-41(36(3)42(4,33-37(44)45)34-40(48)49-35-43)51-39(47)32-30-28-26-24-22-20-18-16-14-12-10-8-6-2/h36,41H,5-35H2,1-4H3,(H,44,45). The van der Waals surface area contributed by atoms with E-state index in [0.717, 1.165) is 38.5 Å². The number of unbranched alkanes of at least 4 members (excludes halogenated alkanes) is 24. The molecule has 0 heterocycles. The Balaban J connectivity index is 4.82. The number of carboxylic acids is 1. The van der Waals surface area contributed by atoms with Gasteiger partial charge in [0.2, 0.25) is 6.29 Å². The van der Waals surface area contributed by atoms with Gasteiger partial charge in [0.15, 0.2) is 6.07 Å². The molecule has 0 aliphatic rings. The van der Waals surface area contributed by atoms with Gasteiger partial charge in [0.1, 0.15) is 0 Å². The van der Waals surface area contributed by atoms with Crippen LogP contribution in [-0.4, -0.2) is 41.3 Å². The zero-order valence-electron chi connectivity index (χ0n) is 33.3. The molecular formula is C42H77ClO8. The van der Waals surface area contributed by atoms with Crippen LogP contribution in [0.25, 0.3) is 0 Å². The smallest absolute Gasteiger partial charge is 0.308 e. The summed E-state index contributed by atoms with van der Waals surface area (Å²) in [6, 6.07) is -0.359. The number of carboxylic acid groups (broad SMARTS) is 1. The number of esters is 3. The second kappa shape index (κ2) is 34.0. The molecule has 0 aromatic heterocycles. The largest absolute Gasteiger partial charge is 0.481 e. The molecule has 0 fully saturated rings. The van der Waals surface area contributed by atoms with Crippen molar-refractivity contribution in [2.45, 2.75) is 227 Å². The highest BCUT2D eigenvalue weighted by molar-refractivity contribution is 6.17. The molecule has 0 aromatic rings. The van der Waals surface area contributed by atoms with Gasteiger partial charge in [-0.1, -0.05) is 193 Å². The third-order valence-corrected chi connectivity index (χ3v) is 10.4. The molecule has 8 nitrogen and oxygen atoms in total. The number of alkyl halides is 1. The lowest BCUT2D eigenvalue weighted by molar-refractivity contribution is -0.206. The second-order valence-electron chi connectivity index (χ2n) is 15.1. The Morgan fingerprint density at radius 1 is 0.529 bits per heavy atom. The van der Waals surface area contributed by atoms with Crippen molar-refractivity contribution in [1.29, 1.82) is 0 Å². The molecule has 0 rings (SSSR count). The molecule has 0 radical (unpaired) electrons. The van der Waals surface area contributed by atoms with E-state index in [4.69, 9.17) is 25.8 Å². The van der Waals surface area contributed by atoms with E-state index in [9.17, 15) is 24.3 Å². The highest BCUT2D eigenvalue weighted by Gasteiger charge is 2.43. The maximum absolute atomic E-state index is 13.0. The first-order valence-corrected chi connectivity index (χ1v) is 21.4. The Bertz CT molecular complexity index is 837. The van der Waals surface area contributed by atoms with Crippen LogP contribution in [0.3, 0.4) is 0 Å². The lowest BCUT2D eigenvalue weighted by Gasteiger charge is -2.37. The van der Waals surface area contributed by atoms with Crippen molar-refractivity contribution in [3.05, 3.63) is 0 Å². The van der Waals surface area contributed by atoms with E-state index in [2.05, 4.69) is 13.8 Å². The number of hydrogen-bond donors (Lipinski definition) is 1. The van der Waals surface area contributed by atoms with Gasteiger partial charge >= 0.3 is 23.9 Å². The van der Waals surface area contributed by atoms with Crippen molar-refractivity contribution >= 4 is 35.5 Å². The maximum Gasteiger partial charge on any atom is 0.308 e. The average Bonchev–Trinajstić information content (AvgIpc) is 3.08. The van der Waals surface area contributed by atoms with E-state index in [1.165, 1.54) is 116 Å². The van der Waals surface area contributed by atoms with Gasteiger partial charge < -0.3 is 19.3 Å². The molecule has 1 N–H and O–H groups in total. The summed E-state index contributed by atoms with van der Waals surface area (Å²) in [5, 5.41) is 9.67. The third kappa shape index (κ3) is 29.3. The van der Waals surface area contributed by atoms with Crippen LogP contribution in [0.15, 0.2) is 0 Å². The molecule has 0 bridgehead atoms. The summed E-state index contributed by atoms with van der Waals surface area (Å²) in [5.74, 6) is -3.58. The van der Waals surface area contributed by atoms with Gasteiger partial charge in [-0.3, -0.25) is 19.2 Å². The van der Waals surface area contributed by atoms with Crippen LogP contribution in [-0.2, 0) is 33.4 Å². The van der Waals surface area contributed by atoms with Crippen LogP contribution in [0.4, 0.5) is 0 Å². The third-order valence-electron chi connectivity index (χ3n) is 10.3. The first kappa shape index (κ1) is 49.2. The van der Waals surface area contributed by atoms with E-state index in [-0.39, 0.29) is 25.3 Å². The minimum Gasteiger partial charge on any atom is -0.481 e. The molecular weight excluding hydrogens is 668 g/mol. The van der Waals surface area contributed by atoms with Crippen LogP contribution in [0, 0.1) is 11.3 Å². The van der Waals surface area contributed by atoms with Crippen molar-refractivity contribution in [3.63, 3.8) is 0 Å². The fourth-order valence-electron chi connectivity index (χ4n) is 6.68. The fraction of sp³-hybridized carbons (Fsp3) is 0.905. The molecule has 9 heteroatoms. The number of hydrogen-bond acceptors (Lipinski definition) is 7. The summed E-state index contributed by atoms with van der Waals surface area (Å²) in [6.45, 7) is 7.74. The first-order valence-electron chi connectivity index (χ1n) is 20.9. The van der Waals surface area contributed by atoms with Gasteiger partial charge in [-0.15, -0.1) is 0 Å². The molecule has 51 heavy (non-hydrogen) atoms. The topological polar surface area (TPSA) is 116 Å². The van der Waals surface area contributed by atoms with Gasteiger partial charge in [0.25, 0.3) is 0 Å². The number of carbonyl (C=O) groups is 4. The Labute approximate surface area is 317 Å². The maximum atomic E-state index is 13.0. The Hall–Kier alpha value is -1.83. The van der Waals surface area contributed by atoms with Crippen LogP contribution < -0.4 is 0 Å². The summed E-state index contributed by atoms with van der Waals surface area (Å²) in [6.07, 6.45) is 29.4. The number of carbonyl (C=O) groups excluding carboxylic acids is 3. The van der Waals surface area contributed by atoms with E-state index < -0.39 is 47.9 Å². The minimum absolute atomic E-state index is 0.182. The predicted molar refractivity (Wildman–Crippen MR) is 208 cm³/mol. The fourth-order valence-corrected chi connectivity index (χ4v) is 6.80. The zero-order valence-corrected chi connectivity index (χ0v) is 34.0. The molecule has 300 valence electrons. The minimum atomic E-state index is -1.32. The predicted octanol–water partition coefficient (Wildman–Crippen LogP) is 12.6. The monoisotopic (exact) mass is 745 g/mol. The molecule has 0 spiro atoms. The second-order valence-corrected chi connectivity index (χ2v) is 15.4. The lowest BCUT2D eigenvalue weighted by Crippen LogP contribution is -2.42. The van der Waals surface area contributed by atoms with Crippen molar-refractivity contribution in [1.82, 2.24) is 0 Å². The number of halogens is 1. The molecule has 2 unspecified atom stereocenters. The van der Waals surface area contributed by atoms with Crippen molar-refractivity contribution in [3.8, 4) is 0 Å².